The summed E-state index contributed by atoms with van der Waals surface area (Å²) in [7, 11) is 0. The molecule has 2 rings (SSSR count). The summed E-state index contributed by atoms with van der Waals surface area (Å²) in [6.45, 7) is 0. The van der Waals surface area contributed by atoms with Crippen molar-refractivity contribution in [1.82, 2.24) is 4.98 Å². The van der Waals surface area contributed by atoms with E-state index in [4.69, 9.17) is 5.11 Å². The minimum absolute atomic E-state index is 0.169. The van der Waals surface area contributed by atoms with Crippen LogP contribution in [-0.2, 0) is 11.2 Å². The van der Waals surface area contributed by atoms with Crippen LogP contribution >= 0.6 is 0 Å². The van der Waals surface area contributed by atoms with Crippen molar-refractivity contribution in [2.45, 2.75) is 6.42 Å². The highest BCUT2D eigenvalue weighted by Gasteiger charge is 2.10. The van der Waals surface area contributed by atoms with E-state index in [1.54, 1.807) is 12.1 Å². The van der Waals surface area contributed by atoms with E-state index in [0.717, 1.165) is 5.56 Å². The molecule has 0 atom stereocenters. The number of nitrogens with zero attached hydrogens (tertiary/aromatic N) is 1. The van der Waals surface area contributed by atoms with E-state index in [1.165, 1.54) is 12.3 Å². The lowest BCUT2D eigenvalue weighted by Crippen LogP contribution is -2.03. The zero-order valence-corrected chi connectivity index (χ0v) is 8.93. The molecule has 0 saturated heterocycles. The first kappa shape index (κ1) is 11.3. The molecule has 86 valence electrons. The van der Waals surface area contributed by atoms with Gasteiger partial charge in [0.2, 0.25) is 5.95 Å². The van der Waals surface area contributed by atoms with Crippen molar-refractivity contribution >= 4 is 5.97 Å². The molecule has 4 heteroatoms. The van der Waals surface area contributed by atoms with E-state index in [0.29, 0.717) is 11.1 Å². The Labute approximate surface area is 97.6 Å². The average molecular weight is 231 g/mol. The van der Waals surface area contributed by atoms with Crippen LogP contribution in [0.15, 0.2) is 42.6 Å². The van der Waals surface area contributed by atoms with Gasteiger partial charge in [-0.25, -0.2) is 4.98 Å². The number of hydrogen-bond acceptors (Lipinski definition) is 2. The molecule has 0 aliphatic heterocycles. The minimum atomic E-state index is -0.962. The van der Waals surface area contributed by atoms with Crippen molar-refractivity contribution in [3.8, 4) is 11.1 Å². The smallest absolute Gasteiger partial charge is 0.307 e. The van der Waals surface area contributed by atoms with Crippen LogP contribution in [0.2, 0.25) is 0 Å². The number of carbonyl (C=O) groups is 1. The van der Waals surface area contributed by atoms with Gasteiger partial charge in [0.25, 0.3) is 0 Å². The van der Waals surface area contributed by atoms with Crippen LogP contribution in [0.1, 0.15) is 5.56 Å². The maximum Gasteiger partial charge on any atom is 0.307 e. The first-order valence-electron chi connectivity index (χ1n) is 5.08. The lowest BCUT2D eigenvalue weighted by molar-refractivity contribution is -0.136. The topological polar surface area (TPSA) is 50.2 Å². The molecule has 2 aromatic rings. The zero-order valence-electron chi connectivity index (χ0n) is 8.93. The number of benzene rings is 1. The van der Waals surface area contributed by atoms with E-state index >= 15 is 0 Å². The number of aliphatic carboxylic acids is 1. The minimum Gasteiger partial charge on any atom is -0.481 e. The number of hydrogen-bond donors (Lipinski definition) is 1. The van der Waals surface area contributed by atoms with Gasteiger partial charge in [-0.2, -0.15) is 4.39 Å². The summed E-state index contributed by atoms with van der Waals surface area (Å²) in [6, 6.07) is 10.3. The molecule has 1 heterocycles. The fourth-order valence-electron chi connectivity index (χ4n) is 1.65. The van der Waals surface area contributed by atoms with Crippen molar-refractivity contribution < 1.29 is 14.3 Å². The molecular formula is C13H10FNO2. The van der Waals surface area contributed by atoms with Gasteiger partial charge in [-0.05, 0) is 16.7 Å². The summed E-state index contributed by atoms with van der Waals surface area (Å²) in [5.41, 5.74) is 1.86. The van der Waals surface area contributed by atoms with Gasteiger partial charge in [-0.15, -0.1) is 0 Å². The van der Waals surface area contributed by atoms with Gasteiger partial charge in [0.05, 0.1) is 6.42 Å². The van der Waals surface area contributed by atoms with E-state index in [-0.39, 0.29) is 6.42 Å². The lowest BCUT2D eigenvalue weighted by atomic mass is 10.00. The van der Waals surface area contributed by atoms with Crippen molar-refractivity contribution in [2.75, 3.05) is 0 Å². The quantitative estimate of drug-likeness (QED) is 0.826. The van der Waals surface area contributed by atoms with Gasteiger partial charge in [-0.3, -0.25) is 4.79 Å². The Morgan fingerprint density at radius 1 is 1.29 bits per heavy atom. The second-order valence-corrected chi connectivity index (χ2v) is 3.60. The number of halogens is 1. The highest BCUT2D eigenvalue weighted by molar-refractivity contribution is 5.76. The summed E-state index contributed by atoms with van der Waals surface area (Å²) in [5.74, 6) is -1.58. The monoisotopic (exact) mass is 231 g/mol. The summed E-state index contributed by atoms with van der Waals surface area (Å²) in [5, 5.41) is 8.79. The number of carboxylic acids is 1. The number of carboxylic acid groups (broad SMARTS) is 1. The van der Waals surface area contributed by atoms with Crippen molar-refractivity contribution in [1.29, 1.82) is 0 Å². The molecule has 0 bridgehead atoms. The summed E-state index contributed by atoms with van der Waals surface area (Å²) < 4.78 is 13.1. The van der Waals surface area contributed by atoms with E-state index in [2.05, 4.69) is 4.98 Å². The molecule has 0 unspecified atom stereocenters. The Bertz CT molecular complexity index is 540. The zero-order chi connectivity index (χ0) is 12.3. The van der Waals surface area contributed by atoms with Gasteiger partial charge in [0.1, 0.15) is 0 Å². The summed E-state index contributed by atoms with van der Waals surface area (Å²) in [6.07, 6.45) is 1.10. The predicted octanol–water partition coefficient (Wildman–Crippen LogP) is 2.51. The Kier molecular flexibility index (Phi) is 3.14. The molecule has 0 spiro atoms. The van der Waals surface area contributed by atoms with Crippen LogP contribution in [0.3, 0.4) is 0 Å². The SMILES string of the molecule is O=C(O)Cc1cnc(F)cc1-c1ccccc1. The molecule has 0 aliphatic rings. The number of pyridine rings is 1. The second kappa shape index (κ2) is 4.74. The molecule has 0 aliphatic carbocycles. The van der Waals surface area contributed by atoms with Gasteiger partial charge >= 0.3 is 5.97 Å². The molecule has 1 N–H and O–H groups in total. The van der Waals surface area contributed by atoms with Crippen molar-refractivity contribution in [3.05, 3.63) is 54.1 Å². The largest absolute Gasteiger partial charge is 0.481 e. The van der Waals surface area contributed by atoms with E-state index < -0.39 is 11.9 Å². The highest BCUT2D eigenvalue weighted by atomic mass is 19.1. The lowest BCUT2D eigenvalue weighted by Gasteiger charge is -2.07. The van der Waals surface area contributed by atoms with Crippen LogP contribution < -0.4 is 0 Å². The molecule has 0 fully saturated rings. The Morgan fingerprint density at radius 2 is 2.00 bits per heavy atom. The van der Waals surface area contributed by atoms with Crippen LogP contribution in [0.25, 0.3) is 11.1 Å². The van der Waals surface area contributed by atoms with Crippen LogP contribution in [-0.4, -0.2) is 16.1 Å². The fraction of sp³-hybridized carbons (Fsp3) is 0.0769. The van der Waals surface area contributed by atoms with Crippen molar-refractivity contribution in [3.63, 3.8) is 0 Å². The van der Waals surface area contributed by atoms with Gasteiger partial charge in [-0.1, -0.05) is 30.3 Å². The number of aromatic nitrogens is 1. The maximum absolute atomic E-state index is 13.1. The molecule has 1 aromatic carbocycles. The number of rotatable bonds is 3. The van der Waals surface area contributed by atoms with Crippen molar-refractivity contribution in [2.24, 2.45) is 0 Å². The first-order valence-corrected chi connectivity index (χ1v) is 5.08. The fourth-order valence-corrected chi connectivity index (χ4v) is 1.65. The van der Waals surface area contributed by atoms with Gasteiger partial charge in [0, 0.05) is 12.3 Å². The molecule has 17 heavy (non-hydrogen) atoms. The molecular weight excluding hydrogens is 221 g/mol. The Balaban J connectivity index is 2.51. The first-order chi connectivity index (χ1) is 8.16. The third kappa shape index (κ3) is 2.66. The molecule has 3 nitrogen and oxygen atoms in total. The Morgan fingerprint density at radius 3 is 2.65 bits per heavy atom. The normalized spacial score (nSPS) is 10.2. The molecule has 0 radical (unpaired) electrons. The molecule has 1 aromatic heterocycles. The molecule has 0 saturated carbocycles. The van der Waals surface area contributed by atoms with Gasteiger partial charge in [0.15, 0.2) is 0 Å². The van der Waals surface area contributed by atoms with Crippen LogP contribution in [0, 0.1) is 5.95 Å². The summed E-state index contributed by atoms with van der Waals surface area (Å²) >= 11 is 0. The van der Waals surface area contributed by atoms with E-state index in [9.17, 15) is 9.18 Å². The third-order valence-corrected chi connectivity index (χ3v) is 2.38. The van der Waals surface area contributed by atoms with Gasteiger partial charge < -0.3 is 5.11 Å². The van der Waals surface area contributed by atoms with Crippen LogP contribution in [0.4, 0.5) is 4.39 Å². The second-order valence-electron chi connectivity index (χ2n) is 3.60. The maximum atomic E-state index is 13.1. The third-order valence-electron chi connectivity index (χ3n) is 2.38. The average Bonchev–Trinajstić information content (AvgIpc) is 2.32. The Hall–Kier alpha value is -2.23. The molecule has 0 amide bonds. The summed E-state index contributed by atoms with van der Waals surface area (Å²) in [4.78, 5) is 14.2. The van der Waals surface area contributed by atoms with Crippen LogP contribution in [0.5, 0.6) is 0 Å². The standard InChI is InChI=1S/C13H10FNO2/c14-12-7-11(9-4-2-1-3-5-9)10(8-15-12)6-13(16)17/h1-5,7-8H,6H2,(H,16,17). The van der Waals surface area contributed by atoms with E-state index in [1.807, 2.05) is 18.2 Å². The highest BCUT2D eigenvalue weighted by Crippen LogP contribution is 2.23. The predicted molar refractivity (Wildman–Crippen MR) is 61.0 cm³/mol.